The fraction of sp³-hybridized carbons (Fsp3) is 0.429. The van der Waals surface area contributed by atoms with Crippen LogP contribution in [0.15, 0.2) is 35.4 Å². The molecule has 0 saturated carbocycles. The Hall–Kier alpha value is -1.30. The van der Waals surface area contributed by atoms with Crippen LogP contribution in [0.3, 0.4) is 0 Å². The maximum absolute atomic E-state index is 6.29. The van der Waals surface area contributed by atoms with Gasteiger partial charge in [0.1, 0.15) is 0 Å². The lowest BCUT2D eigenvalue weighted by Gasteiger charge is -2.32. The van der Waals surface area contributed by atoms with Crippen LogP contribution in [0.1, 0.15) is 30.6 Å². The highest BCUT2D eigenvalue weighted by Crippen LogP contribution is 2.24. The summed E-state index contributed by atoms with van der Waals surface area (Å²) in [5.41, 5.74) is 10.4. The quantitative estimate of drug-likeness (QED) is 0.880. The normalized spacial score (nSPS) is 14.5. The molecular formula is C14H20N4S. The summed E-state index contributed by atoms with van der Waals surface area (Å²) in [7, 11) is 2.09. The average molecular weight is 276 g/mol. The van der Waals surface area contributed by atoms with Crippen molar-refractivity contribution in [2.24, 2.45) is 5.73 Å². The summed E-state index contributed by atoms with van der Waals surface area (Å²) >= 11 is 1.62. The van der Waals surface area contributed by atoms with Gasteiger partial charge in [0.25, 0.3) is 0 Å². The molecule has 19 heavy (non-hydrogen) atoms. The molecule has 2 heterocycles. The monoisotopic (exact) mass is 276 g/mol. The van der Waals surface area contributed by atoms with E-state index in [-0.39, 0.29) is 12.1 Å². The summed E-state index contributed by atoms with van der Waals surface area (Å²) in [4.78, 5) is 10.8. The summed E-state index contributed by atoms with van der Waals surface area (Å²) in [5, 5.41) is 2.08. The predicted molar refractivity (Wildman–Crippen MR) is 78.8 cm³/mol. The van der Waals surface area contributed by atoms with Gasteiger partial charge < -0.3 is 5.73 Å². The first-order valence-electron chi connectivity index (χ1n) is 6.45. The van der Waals surface area contributed by atoms with Gasteiger partial charge in [0.15, 0.2) is 0 Å². The molecule has 2 rings (SSSR count). The van der Waals surface area contributed by atoms with Crippen molar-refractivity contribution < 1.29 is 0 Å². The molecule has 102 valence electrons. The number of hydrogen-bond donors (Lipinski definition) is 1. The minimum absolute atomic E-state index is 0.0906. The molecule has 0 aliphatic carbocycles. The highest BCUT2D eigenvalue weighted by Gasteiger charge is 2.23. The third kappa shape index (κ3) is 3.59. The van der Waals surface area contributed by atoms with Crippen LogP contribution in [0.2, 0.25) is 0 Å². The molecule has 2 aromatic rings. The fourth-order valence-electron chi connectivity index (χ4n) is 2.27. The highest BCUT2D eigenvalue weighted by molar-refractivity contribution is 7.07. The van der Waals surface area contributed by atoms with E-state index in [1.54, 1.807) is 17.5 Å². The van der Waals surface area contributed by atoms with Gasteiger partial charge in [-0.3, -0.25) is 9.88 Å². The lowest BCUT2D eigenvalue weighted by atomic mass is 9.98. The standard InChI is InChI=1S/C14H20N4S/c1-3-13(15)14(11-5-4-6-16-7-11)18(2)8-12-9-19-10-17-12/h4-7,9-10,13-14H,3,8,15H2,1-2H3. The molecule has 5 heteroatoms. The molecule has 0 amide bonds. The molecule has 0 fully saturated rings. The van der Waals surface area contributed by atoms with Crippen molar-refractivity contribution in [2.45, 2.75) is 32.0 Å². The van der Waals surface area contributed by atoms with E-state index in [1.165, 1.54) is 0 Å². The number of thiazole rings is 1. The first kappa shape index (κ1) is 14.1. The molecule has 0 aromatic carbocycles. The van der Waals surface area contributed by atoms with Crippen LogP contribution >= 0.6 is 11.3 Å². The van der Waals surface area contributed by atoms with Gasteiger partial charge in [-0.2, -0.15) is 0 Å². The van der Waals surface area contributed by atoms with Crippen LogP contribution in [-0.2, 0) is 6.54 Å². The van der Waals surface area contributed by atoms with Crippen LogP contribution in [0.25, 0.3) is 0 Å². The van der Waals surface area contributed by atoms with E-state index in [9.17, 15) is 0 Å². The Morgan fingerprint density at radius 1 is 1.47 bits per heavy atom. The summed E-state index contributed by atoms with van der Waals surface area (Å²) in [6.07, 6.45) is 4.62. The molecule has 2 aromatic heterocycles. The topological polar surface area (TPSA) is 55.0 Å². The molecule has 0 radical (unpaired) electrons. The van der Waals surface area contributed by atoms with E-state index >= 15 is 0 Å². The van der Waals surface area contributed by atoms with E-state index < -0.39 is 0 Å². The minimum Gasteiger partial charge on any atom is -0.326 e. The summed E-state index contributed by atoms with van der Waals surface area (Å²) in [6, 6.07) is 4.31. The van der Waals surface area contributed by atoms with Gasteiger partial charge in [-0.1, -0.05) is 13.0 Å². The molecule has 4 nitrogen and oxygen atoms in total. The van der Waals surface area contributed by atoms with Crippen LogP contribution in [0.4, 0.5) is 0 Å². The second-order valence-corrected chi connectivity index (χ2v) is 5.42. The zero-order chi connectivity index (χ0) is 13.7. The Balaban J connectivity index is 2.18. The number of hydrogen-bond acceptors (Lipinski definition) is 5. The van der Waals surface area contributed by atoms with Crippen molar-refractivity contribution in [2.75, 3.05) is 7.05 Å². The van der Waals surface area contributed by atoms with Gasteiger partial charge in [-0.05, 0) is 25.1 Å². The van der Waals surface area contributed by atoms with Gasteiger partial charge in [-0.25, -0.2) is 4.98 Å². The third-order valence-corrected chi connectivity index (χ3v) is 3.91. The van der Waals surface area contributed by atoms with Gasteiger partial charge in [0.05, 0.1) is 17.2 Å². The fourth-order valence-corrected chi connectivity index (χ4v) is 2.82. The summed E-state index contributed by atoms with van der Waals surface area (Å²) in [6.45, 7) is 2.92. The Kier molecular flexibility index (Phi) is 5.01. The second-order valence-electron chi connectivity index (χ2n) is 4.70. The maximum atomic E-state index is 6.29. The average Bonchev–Trinajstić information content (AvgIpc) is 2.93. The lowest BCUT2D eigenvalue weighted by Crippen LogP contribution is -2.38. The van der Waals surface area contributed by atoms with Gasteiger partial charge in [-0.15, -0.1) is 11.3 Å². The molecule has 2 atom stereocenters. The molecular weight excluding hydrogens is 256 g/mol. The maximum Gasteiger partial charge on any atom is 0.0795 e. The smallest absolute Gasteiger partial charge is 0.0795 e. The first-order chi connectivity index (χ1) is 9.22. The van der Waals surface area contributed by atoms with Crippen LogP contribution in [0, 0.1) is 0 Å². The van der Waals surface area contributed by atoms with Crippen molar-refractivity contribution in [1.29, 1.82) is 0 Å². The highest BCUT2D eigenvalue weighted by atomic mass is 32.1. The molecule has 0 spiro atoms. The first-order valence-corrected chi connectivity index (χ1v) is 7.39. The van der Waals surface area contributed by atoms with E-state index in [0.29, 0.717) is 0 Å². The molecule has 0 bridgehead atoms. The number of nitrogens with two attached hydrogens (primary N) is 1. The van der Waals surface area contributed by atoms with Crippen LogP contribution < -0.4 is 5.73 Å². The van der Waals surface area contributed by atoms with Gasteiger partial charge >= 0.3 is 0 Å². The van der Waals surface area contributed by atoms with Crippen molar-refractivity contribution in [1.82, 2.24) is 14.9 Å². The summed E-state index contributed by atoms with van der Waals surface area (Å²) in [5.74, 6) is 0. The van der Waals surface area contributed by atoms with E-state index in [2.05, 4.69) is 40.3 Å². The zero-order valence-electron chi connectivity index (χ0n) is 11.4. The largest absolute Gasteiger partial charge is 0.326 e. The molecule has 0 aliphatic rings. The van der Waals surface area contributed by atoms with Crippen molar-refractivity contribution in [3.05, 3.63) is 46.7 Å². The number of aromatic nitrogens is 2. The Bertz CT molecular complexity index is 471. The number of pyridine rings is 1. The predicted octanol–water partition coefficient (Wildman–Crippen LogP) is 2.45. The molecule has 0 saturated heterocycles. The lowest BCUT2D eigenvalue weighted by molar-refractivity contribution is 0.199. The van der Waals surface area contributed by atoms with Gasteiger partial charge in [0, 0.05) is 30.4 Å². The molecule has 2 unspecified atom stereocenters. The number of nitrogens with zero attached hydrogens (tertiary/aromatic N) is 3. The van der Waals surface area contributed by atoms with Gasteiger partial charge in [0.2, 0.25) is 0 Å². The summed E-state index contributed by atoms with van der Waals surface area (Å²) < 4.78 is 0. The van der Waals surface area contributed by atoms with Crippen molar-refractivity contribution >= 4 is 11.3 Å². The molecule has 2 N–H and O–H groups in total. The van der Waals surface area contributed by atoms with E-state index in [4.69, 9.17) is 5.73 Å². The van der Waals surface area contributed by atoms with Crippen molar-refractivity contribution in [3.63, 3.8) is 0 Å². The zero-order valence-corrected chi connectivity index (χ0v) is 12.2. The number of likely N-dealkylation sites (N-methyl/N-ethyl adjacent to an activating group) is 1. The third-order valence-electron chi connectivity index (χ3n) is 3.27. The SMILES string of the molecule is CCC(N)C(c1cccnc1)N(C)Cc1cscn1. The van der Waals surface area contributed by atoms with E-state index in [1.807, 2.05) is 17.8 Å². The van der Waals surface area contributed by atoms with Crippen molar-refractivity contribution in [3.8, 4) is 0 Å². The Labute approximate surface area is 118 Å². The number of rotatable bonds is 6. The molecule has 0 aliphatic heterocycles. The van der Waals surface area contributed by atoms with E-state index in [0.717, 1.165) is 24.2 Å². The van der Waals surface area contributed by atoms with Crippen LogP contribution in [0.5, 0.6) is 0 Å². The Morgan fingerprint density at radius 3 is 2.89 bits per heavy atom. The Morgan fingerprint density at radius 2 is 2.32 bits per heavy atom. The minimum atomic E-state index is 0.0906. The van der Waals surface area contributed by atoms with Crippen LogP contribution in [-0.4, -0.2) is 28.0 Å². The second kappa shape index (κ2) is 6.75.